The molecule has 1 amide bonds. The molecule has 0 N–H and O–H groups in total. The molecule has 0 aromatic heterocycles. The van der Waals surface area contributed by atoms with Crippen LogP contribution in [0.1, 0.15) is 50.7 Å². The molecule has 19 heavy (non-hydrogen) atoms. The summed E-state index contributed by atoms with van der Waals surface area (Å²) in [5.74, 6) is 1.22. The molecule has 1 aromatic rings. The van der Waals surface area contributed by atoms with E-state index >= 15 is 0 Å². The average molecular weight is 257 g/mol. The first-order valence-corrected chi connectivity index (χ1v) is 7.41. The second-order valence-corrected chi connectivity index (χ2v) is 6.68. The molecule has 0 unspecified atom stereocenters. The number of benzene rings is 1. The van der Waals surface area contributed by atoms with Gasteiger partial charge in [-0.3, -0.25) is 4.79 Å². The highest BCUT2D eigenvalue weighted by atomic mass is 16.2. The predicted molar refractivity (Wildman–Crippen MR) is 78.5 cm³/mol. The lowest BCUT2D eigenvalue weighted by Crippen LogP contribution is -2.33. The molecular formula is C17H23NO. The topological polar surface area (TPSA) is 20.3 Å². The highest BCUT2D eigenvalue weighted by Crippen LogP contribution is 2.41. The Balaban J connectivity index is 1.78. The lowest BCUT2D eigenvalue weighted by Gasteiger charge is -2.16. The SMILES string of the molecule is CN1C(=O)C(C)(C)c2ccc(CCCC3CC3)cc21. The van der Waals surface area contributed by atoms with Crippen LogP contribution < -0.4 is 4.90 Å². The molecule has 1 aliphatic heterocycles. The van der Waals surface area contributed by atoms with E-state index in [1.165, 1.54) is 36.8 Å². The Morgan fingerprint density at radius 3 is 2.74 bits per heavy atom. The van der Waals surface area contributed by atoms with E-state index in [0.29, 0.717) is 0 Å². The normalized spacial score (nSPS) is 20.8. The van der Waals surface area contributed by atoms with Crippen molar-refractivity contribution in [2.24, 2.45) is 5.92 Å². The van der Waals surface area contributed by atoms with Gasteiger partial charge in [-0.05, 0) is 49.8 Å². The zero-order valence-electron chi connectivity index (χ0n) is 12.2. The molecule has 2 aliphatic rings. The van der Waals surface area contributed by atoms with Gasteiger partial charge in [0.05, 0.1) is 5.41 Å². The summed E-state index contributed by atoms with van der Waals surface area (Å²) in [6, 6.07) is 6.58. The number of carbonyl (C=O) groups is 1. The number of rotatable bonds is 4. The van der Waals surface area contributed by atoms with Crippen LogP contribution in [0.5, 0.6) is 0 Å². The number of anilines is 1. The number of aryl methyl sites for hydroxylation is 1. The fraction of sp³-hybridized carbons (Fsp3) is 0.588. The molecule has 0 bridgehead atoms. The molecule has 1 fully saturated rings. The maximum Gasteiger partial charge on any atom is 0.236 e. The van der Waals surface area contributed by atoms with Crippen LogP contribution in [0.4, 0.5) is 5.69 Å². The van der Waals surface area contributed by atoms with E-state index in [4.69, 9.17) is 0 Å². The lowest BCUT2D eigenvalue weighted by atomic mass is 9.85. The predicted octanol–water partition coefficient (Wildman–Crippen LogP) is 3.67. The summed E-state index contributed by atoms with van der Waals surface area (Å²) in [5, 5.41) is 0. The zero-order chi connectivity index (χ0) is 13.6. The molecule has 1 aliphatic carbocycles. The van der Waals surface area contributed by atoms with E-state index in [1.54, 1.807) is 0 Å². The van der Waals surface area contributed by atoms with Gasteiger partial charge >= 0.3 is 0 Å². The van der Waals surface area contributed by atoms with Gasteiger partial charge in [-0.25, -0.2) is 0 Å². The van der Waals surface area contributed by atoms with Crippen LogP contribution in [-0.4, -0.2) is 13.0 Å². The van der Waals surface area contributed by atoms with Crippen molar-refractivity contribution in [3.05, 3.63) is 29.3 Å². The third-order valence-corrected chi connectivity index (χ3v) is 4.71. The van der Waals surface area contributed by atoms with Crippen molar-refractivity contribution in [1.29, 1.82) is 0 Å². The Morgan fingerprint density at radius 2 is 2.05 bits per heavy atom. The molecular weight excluding hydrogens is 234 g/mol. The third kappa shape index (κ3) is 2.18. The van der Waals surface area contributed by atoms with Gasteiger partial charge in [0.25, 0.3) is 0 Å². The fourth-order valence-electron chi connectivity index (χ4n) is 3.18. The number of amides is 1. The summed E-state index contributed by atoms with van der Waals surface area (Å²) in [4.78, 5) is 14.1. The summed E-state index contributed by atoms with van der Waals surface area (Å²) in [6.45, 7) is 4.04. The fourth-order valence-corrected chi connectivity index (χ4v) is 3.18. The van der Waals surface area contributed by atoms with Crippen LogP contribution in [0, 0.1) is 5.92 Å². The lowest BCUT2D eigenvalue weighted by molar-refractivity contribution is -0.121. The van der Waals surface area contributed by atoms with Crippen LogP contribution in [0.2, 0.25) is 0 Å². The van der Waals surface area contributed by atoms with E-state index < -0.39 is 0 Å². The first kappa shape index (κ1) is 12.7. The summed E-state index contributed by atoms with van der Waals surface area (Å²) in [5.41, 5.74) is 3.29. The van der Waals surface area contributed by atoms with Crippen LogP contribution in [0.3, 0.4) is 0 Å². The number of fused-ring (bicyclic) bond motifs is 1. The van der Waals surface area contributed by atoms with Crippen molar-refractivity contribution >= 4 is 11.6 Å². The molecule has 1 heterocycles. The molecule has 2 nitrogen and oxygen atoms in total. The molecule has 0 radical (unpaired) electrons. The van der Waals surface area contributed by atoms with Gasteiger partial charge in [0.15, 0.2) is 0 Å². The van der Waals surface area contributed by atoms with E-state index in [-0.39, 0.29) is 11.3 Å². The summed E-state index contributed by atoms with van der Waals surface area (Å²) in [6.07, 6.45) is 6.68. The van der Waals surface area contributed by atoms with Gasteiger partial charge in [0.2, 0.25) is 5.91 Å². The number of hydrogen-bond donors (Lipinski definition) is 0. The zero-order valence-corrected chi connectivity index (χ0v) is 12.2. The first-order valence-electron chi connectivity index (χ1n) is 7.41. The monoisotopic (exact) mass is 257 g/mol. The Hall–Kier alpha value is -1.31. The molecule has 1 saturated carbocycles. The van der Waals surface area contributed by atoms with Gasteiger partial charge in [0, 0.05) is 12.7 Å². The molecule has 2 heteroatoms. The second-order valence-electron chi connectivity index (χ2n) is 6.68. The van der Waals surface area contributed by atoms with E-state index in [2.05, 4.69) is 18.2 Å². The average Bonchev–Trinajstić information content (AvgIpc) is 3.18. The number of likely N-dealkylation sites (N-methyl/N-ethyl adjacent to an activating group) is 1. The van der Waals surface area contributed by atoms with Gasteiger partial charge < -0.3 is 4.90 Å². The van der Waals surface area contributed by atoms with Crippen LogP contribution >= 0.6 is 0 Å². The minimum absolute atomic E-state index is 0.206. The number of carbonyl (C=O) groups excluding carboxylic acids is 1. The molecule has 0 atom stereocenters. The van der Waals surface area contributed by atoms with Crippen molar-refractivity contribution in [3.8, 4) is 0 Å². The molecule has 3 rings (SSSR count). The minimum atomic E-state index is -0.364. The Labute approximate surface area is 115 Å². The molecule has 1 aromatic carbocycles. The van der Waals surface area contributed by atoms with Crippen molar-refractivity contribution in [1.82, 2.24) is 0 Å². The quantitative estimate of drug-likeness (QED) is 0.806. The van der Waals surface area contributed by atoms with Crippen molar-refractivity contribution in [2.45, 2.75) is 51.4 Å². The number of nitrogens with zero attached hydrogens (tertiary/aromatic N) is 1. The van der Waals surface area contributed by atoms with E-state index in [1.807, 2.05) is 25.8 Å². The molecule has 102 valence electrons. The van der Waals surface area contributed by atoms with Gasteiger partial charge in [-0.15, -0.1) is 0 Å². The molecule has 0 spiro atoms. The largest absolute Gasteiger partial charge is 0.314 e. The summed E-state index contributed by atoms with van der Waals surface area (Å²) < 4.78 is 0. The summed E-state index contributed by atoms with van der Waals surface area (Å²) in [7, 11) is 1.89. The van der Waals surface area contributed by atoms with Crippen molar-refractivity contribution in [2.75, 3.05) is 11.9 Å². The van der Waals surface area contributed by atoms with Crippen LogP contribution in [0.25, 0.3) is 0 Å². The standard InChI is InChI=1S/C17H23NO/c1-17(2)14-10-9-13(6-4-5-12-7-8-12)11-15(14)18(3)16(17)19/h9-12H,4-8H2,1-3H3. The number of hydrogen-bond acceptors (Lipinski definition) is 1. The van der Waals surface area contributed by atoms with Crippen LogP contribution in [-0.2, 0) is 16.6 Å². The minimum Gasteiger partial charge on any atom is -0.314 e. The van der Waals surface area contributed by atoms with Crippen LogP contribution in [0.15, 0.2) is 18.2 Å². The van der Waals surface area contributed by atoms with Crippen molar-refractivity contribution < 1.29 is 4.79 Å². The maximum absolute atomic E-state index is 12.2. The van der Waals surface area contributed by atoms with Gasteiger partial charge in [-0.1, -0.05) is 31.4 Å². The van der Waals surface area contributed by atoms with E-state index in [9.17, 15) is 4.79 Å². The van der Waals surface area contributed by atoms with Gasteiger partial charge in [-0.2, -0.15) is 0 Å². The highest BCUT2D eigenvalue weighted by molar-refractivity contribution is 6.07. The highest BCUT2D eigenvalue weighted by Gasteiger charge is 2.41. The van der Waals surface area contributed by atoms with Gasteiger partial charge in [0.1, 0.15) is 0 Å². The maximum atomic E-state index is 12.2. The smallest absolute Gasteiger partial charge is 0.236 e. The Bertz CT molecular complexity index is 514. The molecule has 0 saturated heterocycles. The first-order chi connectivity index (χ1) is 9.00. The van der Waals surface area contributed by atoms with Crippen molar-refractivity contribution in [3.63, 3.8) is 0 Å². The summed E-state index contributed by atoms with van der Waals surface area (Å²) >= 11 is 0. The Morgan fingerprint density at radius 1 is 1.32 bits per heavy atom. The third-order valence-electron chi connectivity index (χ3n) is 4.71. The Kier molecular flexibility index (Phi) is 2.92. The second kappa shape index (κ2) is 4.36. The van der Waals surface area contributed by atoms with E-state index in [0.717, 1.165) is 18.0 Å².